The van der Waals surface area contributed by atoms with E-state index in [1.54, 1.807) is 11.3 Å². The molecular weight excluding hydrogens is 338 g/mol. The van der Waals surface area contributed by atoms with Crippen molar-refractivity contribution in [1.29, 1.82) is 0 Å². The van der Waals surface area contributed by atoms with Crippen LogP contribution in [-0.4, -0.2) is 4.21 Å². The second kappa shape index (κ2) is 5.41. The summed E-state index contributed by atoms with van der Waals surface area (Å²) in [6, 6.07) is 21.0. The van der Waals surface area contributed by atoms with Crippen LogP contribution in [0.4, 0.5) is 0 Å². The summed E-state index contributed by atoms with van der Waals surface area (Å²) in [6.45, 7) is 0.555. The van der Waals surface area contributed by atoms with Gasteiger partial charge in [-0.05, 0) is 23.8 Å². The van der Waals surface area contributed by atoms with Crippen molar-refractivity contribution in [1.82, 2.24) is 4.72 Å². The fourth-order valence-electron chi connectivity index (χ4n) is 3.19. The molecule has 1 aliphatic heterocycles. The normalized spacial score (nSPS) is 16.9. The first-order valence-electron chi connectivity index (χ1n) is 7.67. The Morgan fingerprint density at radius 1 is 0.958 bits per heavy atom. The minimum Gasteiger partial charge on any atom is -0.388 e. The summed E-state index contributed by atoms with van der Waals surface area (Å²) in [5.74, 6) is 0.716. The molecule has 24 heavy (non-hydrogen) atoms. The number of benzene rings is 3. The third-order valence-electron chi connectivity index (χ3n) is 4.32. The van der Waals surface area contributed by atoms with Gasteiger partial charge in [-0.25, -0.2) is 0 Å². The van der Waals surface area contributed by atoms with Crippen LogP contribution in [0.5, 0.6) is 5.75 Å². The molecule has 3 nitrogen and oxygen atoms in total. The van der Waals surface area contributed by atoms with E-state index in [9.17, 15) is 4.21 Å². The van der Waals surface area contributed by atoms with Gasteiger partial charge in [0.25, 0.3) is 11.3 Å². The van der Waals surface area contributed by atoms with Crippen LogP contribution >= 0.6 is 11.3 Å². The lowest BCUT2D eigenvalue weighted by Crippen LogP contribution is -2.26. The molecule has 0 radical (unpaired) electrons. The van der Waals surface area contributed by atoms with Crippen LogP contribution in [0, 0.1) is 0 Å². The molecule has 118 valence electrons. The summed E-state index contributed by atoms with van der Waals surface area (Å²) in [7, 11) is 0. The third-order valence-corrected chi connectivity index (χ3v) is 6.17. The van der Waals surface area contributed by atoms with Gasteiger partial charge in [-0.1, -0.05) is 42.5 Å². The van der Waals surface area contributed by atoms with Gasteiger partial charge in [0.1, 0.15) is 0 Å². The molecule has 0 amide bonds. The molecule has 3 aromatic carbocycles. The highest BCUT2D eigenvalue weighted by molar-refractivity contribution is 7.78. The predicted octanol–water partition coefficient (Wildman–Crippen LogP) is 4.78. The van der Waals surface area contributed by atoms with Gasteiger partial charge in [0.05, 0.1) is 0 Å². The molecular formula is C19H13NO2S2. The predicted molar refractivity (Wildman–Crippen MR) is 100 cm³/mol. The van der Waals surface area contributed by atoms with Crippen molar-refractivity contribution < 1.29 is 8.39 Å². The smallest absolute Gasteiger partial charge is 0.288 e. The number of rotatable bonds is 1. The van der Waals surface area contributed by atoms with Crippen LogP contribution in [0.1, 0.15) is 5.56 Å². The molecule has 0 fully saturated rings. The lowest BCUT2D eigenvalue weighted by molar-refractivity contribution is 0.525. The first-order valence-corrected chi connectivity index (χ1v) is 9.56. The van der Waals surface area contributed by atoms with Crippen molar-refractivity contribution in [3.63, 3.8) is 0 Å². The van der Waals surface area contributed by atoms with Gasteiger partial charge in [0, 0.05) is 37.8 Å². The molecule has 0 aliphatic carbocycles. The number of hydrogen-bond acceptors (Lipinski definition) is 3. The quantitative estimate of drug-likeness (QED) is 0.536. The fraction of sp³-hybridized carbons (Fsp3) is 0.0526. The topological polar surface area (TPSA) is 38.3 Å². The van der Waals surface area contributed by atoms with E-state index in [4.69, 9.17) is 4.18 Å². The van der Waals surface area contributed by atoms with Crippen molar-refractivity contribution in [2.45, 2.75) is 6.54 Å². The second-order valence-electron chi connectivity index (χ2n) is 5.74. The van der Waals surface area contributed by atoms with Crippen molar-refractivity contribution in [2.75, 3.05) is 0 Å². The Balaban J connectivity index is 1.75. The summed E-state index contributed by atoms with van der Waals surface area (Å²) >= 11 is 0.330. The van der Waals surface area contributed by atoms with Crippen molar-refractivity contribution in [3.05, 3.63) is 66.2 Å². The van der Waals surface area contributed by atoms with Crippen molar-refractivity contribution in [3.8, 4) is 16.9 Å². The molecule has 0 bridgehead atoms. The summed E-state index contributed by atoms with van der Waals surface area (Å²) in [4.78, 5) is 0. The number of thiophene rings is 1. The lowest BCUT2D eigenvalue weighted by Gasteiger charge is -2.19. The molecule has 4 aromatic rings. The second-order valence-corrected chi connectivity index (χ2v) is 7.75. The van der Waals surface area contributed by atoms with E-state index >= 15 is 0 Å². The lowest BCUT2D eigenvalue weighted by atomic mass is 9.99. The average molecular weight is 351 g/mol. The molecule has 5 heteroatoms. The van der Waals surface area contributed by atoms with E-state index in [1.807, 2.05) is 18.2 Å². The third kappa shape index (κ3) is 2.17. The van der Waals surface area contributed by atoms with Gasteiger partial charge in [-0.15, -0.1) is 11.3 Å². The largest absolute Gasteiger partial charge is 0.388 e. The molecule has 1 aliphatic rings. The van der Waals surface area contributed by atoms with Crippen LogP contribution in [-0.2, 0) is 17.8 Å². The zero-order valence-corrected chi connectivity index (χ0v) is 14.2. The summed E-state index contributed by atoms with van der Waals surface area (Å²) < 4.78 is 22.7. The molecule has 1 atom stereocenters. The van der Waals surface area contributed by atoms with Crippen LogP contribution in [0.3, 0.4) is 0 Å². The summed E-state index contributed by atoms with van der Waals surface area (Å²) in [6.07, 6.45) is 0. The molecule has 0 saturated heterocycles. The van der Waals surface area contributed by atoms with Crippen molar-refractivity contribution >= 4 is 42.8 Å². The Kier molecular flexibility index (Phi) is 3.19. The highest BCUT2D eigenvalue weighted by atomic mass is 32.2. The Hall–Kier alpha value is -2.21. The number of nitrogens with one attached hydrogen (secondary N) is 1. The fourth-order valence-corrected chi connectivity index (χ4v) is 4.95. The van der Waals surface area contributed by atoms with E-state index in [0.29, 0.717) is 12.3 Å². The SMILES string of the molecule is O=S1NCc2cccc(-c3ccc4sc5ccccc5c4c3)c2O1. The highest BCUT2D eigenvalue weighted by Crippen LogP contribution is 2.40. The van der Waals surface area contributed by atoms with Gasteiger partial charge >= 0.3 is 0 Å². The van der Waals surface area contributed by atoms with E-state index in [0.717, 1.165) is 16.7 Å². The number of fused-ring (bicyclic) bond motifs is 4. The summed E-state index contributed by atoms with van der Waals surface area (Å²) in [5, 5.41) is 2.52. The van der Waals surface area contributed by atoms with Gasteiger partial charge in [-0.3, -0.25) is 0 Å². The van der Waals surface area contributed by atoms with E-state index in [-0.39, 0.29) is 0 Å². The van der Waals surface area contributed by atoms with E-state index in [1.165, 1.54) is 20.2 Å². The number of para-hydroxylation sites is 1. The molecule has 2 heterocycles. The first-order chi connectivity index (χ1) is 11.8. The van der Waals surface area contributed by atoms with Crippen molar-refractivity contribution in [2.24, 2.45) is 0 Å². The minimum atomic E-state index is -1.48. The Morgan fingerprint density at radius 3 is 2.79 bits per heavy atom. The molecule has 1 aromatic heterocycles. The zero-order valence-electron chi connectivity index (χ0n) is 12.6. The monoisotopic (exact) mass is 351 g/mol. The highest BCUT2D eigenvalue weighted by Gasteiger charge is 2.20. The Labute approximate surface area is 145 Å². The maximum absolute atomic E-state index is 11.7. The van der Waals surface area contributed by atoms with Crippen LogP contribution in [0.2, 0.25) is 0 Å². The van der Waals surface area contributed by atoms with E-state index in [2.05, 4.69) is 47.2 Å². The van der Waals surface area contributed by atoms with Crippen LogP contribution in [0.15, 0.2) is 60.7 Å². The van der Waals surface area contributed by atoms with Gasteiger partial charge < -0.3 is 4.18 Å². The molecule has 5 rings (SSSR count). The Bertz CT molecular complexity index is 1120. The van der Waals surface area contributed by atoms with Gasteiger partial charge in [0.15, 0.2) is 5.75 Å². The molecule has 1 unspecified atom stereocenters. The molecule has 1 N–H and O–H groups in total. The maximum Gasteiger partial charge on any atom is 0.288 e. The summed E-state index contributed by atoms with van der Waals surface area (Å²) in [5.41, 5.74) is 3.10. The van der Waals surface area contributed by atoms with Gasteiger partial charge in [-0.2, -0.15) is 8.93 Å². The first kappa shape index (κ1) is 14.2. The zero-order chi connectivity index (χ0) is 16.1. The number of hydrogen-bond donors (Lipinski definition) is 1. The van der Waals surface area contributed by atoms with Gasteiger partial charge in [0.2, 0.25) is 0 Å². The standard InChI is InChI=1S/C19H13NO2S2/c21-24-20-11-13-4-3-6-14(19(13)22-24)12-8-9-18-16(10-12)15-5-1-2-7-17(15)23-18/h1-10,20H,11H2. The van der Waals surface area contributed by atoms with E-state index < -0.39 is 11.3 Å². The Morgan fingerprint density at radius 2 is 1.83 bits per heavy atom. The van der Waals surface area contributed by atoms with Crippen LogP contribution < -0.4 is 8.91 Å². The molecule has 0 saturated carbocycles. The molecule has 0 spiro atoms. The average Bonchev–Trinajstić information content (AvgIpc) is 2.99. The van der Waals surface area contributed by atoms with Crippen LogP contribution in [0.25, 0.3) is 31.3 Å². The maximum atomic E-state index is 11.7. The minimum absolute atomic E-state index is 0.555.